The van der Waals surface area contributed by atoms with E-state index in [1.807, 2.05) is 18.5 Å². The fraction of sp³-hybridized carbons (Fsp3) is 0.545. The van der Waals surface area contributed by atoms with E-state index >= 15 is 0 Å². The zero-order valence-corrected chi connectivity index (χ0v) is 19.9. The number of rotatable bonds is 5. The van der Waals surface area contributed by atoms with Crippen LogP contribution in [-0.2, 0) is 14.8 Å². The number of nitrogens with one attached hydrogen (secondary N) is 1. The lowest BCUT2D eigenvalue weighted by Gasteiger charge is -2.34. The van der Waals surface area contributed by atoms with Gasteiger partial charge in [-0.3, -0.25) is 4.79 Å². The number of carbonyl (C=O) groups excluding carboxylic acids is 1. The number of anilines is 1. The van der Waals surface area contributed by atoms with E-state index in [4.69, 9.17) is 16.3 Å². The van der Waals surface area contributed by atoms with Crippen molar-refractivity contribution >= 4 is 33.3 Å². The summed E-state index contributed by atoms with van der Waals surface area (Å²) in [4.78, 5) is 12.9. The second kappa shape index (κ2) is 9.51. The highest BCUT2D eigenvalue weighted by Gasteiger charge is 2.34. The highest BCUT2D eigenvalue weighted by atomic mass is 35.5. The average Bonchev–Trinajstić information content (AvgIpc) is 3.22. The highest BCUT2D eigenvalue weighted by molar-refractivity contribution is 7.89. The summed E-state index contributed by atoms with van der Waals surface area (Å²) >= 11 is 6.26. The Kier molecular flexibility index (Phi) is 6.90. The predicted molar refractivity (Wildman–Crippen MR) is 123 cm³/mol. The Labute approximate surface area is 193 Å². The van der Waals surface area contributed by atoms with Crippen molar-refractivity contribution in [3.05, 3.63) is 41.0 Å². The molecule has 2 atom stereocenters. The normalized spacial score (nSPS) is 23.2. The van der Waals surface area contributed by atoms with Crippen molar-refractivity contribution in [3.8, 4) is 0 Å². The molecule has 1 aromatic carbocycles. The molecule has 0 spiro atoms. The van der Waals surface area contributed by atoms with Crippen LogP contribution in [0.4, 0.5) is 5.82 Å². The monoisotopic (exact) mass is 480 g/mol. The lowest BCUT2D eigenvalue weighted by atomic mass is 9.96. The molecular formula is C22H29ClN4O4S. The third-order valence-corrected chi connectivity index (χ3v) is 8.34. The molecule has 10 heteroatoms. The Morgan fingerprint density at radius 2 is 1.81 bits per heavy atom. The minimum atomic E-state index is -3.88. The van der Waals surface area contributed by atoms with Crippen LogP contribution < -0.4 is 5.32 Å². The van der Waals surface area contributed by atoms with Crippen LogP contribution in [0.1, 0.15) is 62.4 Å². The lowest BCUT2D eigenvalue weighted by Crippen LogP contribution is -2.48. The fourth-order valence-corrected chi connectivity index (χ4v) is 6.62. The Hall–Kier alpha value is -1.94. The van der Waals surface area contributed by atoms with E-state index < -0.39 is 15.9 Å². The van der Waals surface area contributed by atoms with Crippen LogP contribution in [-0.4, -0.2) is 53.7 Å². The highest BCUT2D eigenvalue weighted by Crippen LogP contribution is 2.31. The SMILES string of the molecule is C[C@H]1CN(S(=O)(=O)c2cc(C(=O)Nc3ccnn3C3CCCCC3)ccc2Cl)C[C@H](C)O1. The number of benzene rings is 1. The number of hydrogen-bond acceptors (Lipinski definition) is 5. The van der Waals surface area contributed by atoms with Gasteiger partial charge in [0.1, 0.15) is 10.7 Å². The zero-order valence-electron chi connectivity index (χ0n) is 18.3. The van der Waals surface area contributed by atoms with Crippen LogP contribution in [0.3, 0.4) is 0 Å². The molecule has 1 aromatic heterocycles. The number of amides is 1. The summed E-state index contributed by atoms with van der Waals surface area (Å²) in [6, 6.07) is 6.35. The molecule has 2 fully saturated rings. The standard InChI is InChI=1S/C22H29ClN4O4S/c1-15-13-26(14-16(2)31-15)32(29,30)20-12-17(8-9-19(20)23)22(28)25-21-10-11-24-27(21)18-6-4-3-5-7-18/h8-12,15-16,18H,3-7,13-14H2,1-2H3,(H,25,28)/t15-,16-/m0/s1. The number of aromatic nitrogens is 2. The summed E-state index contributed by atoms with van der Waals surface area (Å²) in [6.07, 6.45) is 6.81. The molecule has 0 radical (unpaired) electrons. The number of ether oxygens (including phenoxy) is 1. The number of morpholine rings is 1. The van der Waals surface area contributed by atoms with Crippen molar-refractivity contribution in [2.75, 3.05) is 18.4 Å². The second-order valence-electron chi connectivity index (χ2n) is 8.63. The number of sulfonamides is 1. The maximum absolute atomic E-state index is 13.3. The number of halogens is 1. The first-order chi connectivity index (χ1) is 15.3. The van der Waals surface area contributed by atoms with Gasteiger partial charge in [-0.05, 0) is 44.9 Å². The van der Waals surface area contributed by atoms with Gasteiger partial charge in [-0.15, -0.1) is 0 Å². The quantitative estimate of drug-likeness (QED) is 0.695. The summed E-state index contributed by atoms with van der Waals surface area (Å²) < 4.78 is 35.5. The van der Waals surface area contributed by atoms with Gasteiger partial charge in [0, 0.05) is 24.7 Å². The van der Waals surface area contributed by atoms with Gasteiger partial charge in [0.25, 0.3) is 5.91 Å². The molecule has 174 valence electrons. The minimum absolute atomic E-state index is 0.0751. The van der Waals surface area contributed by atoms with Crippen LogP contribution >= 0.6 is 11.6 Å². The molecule has 1 aliphatic heterocycles. The van der Waals surface area contributed by atoms with Crippen LogP contribution in [0.25, 0.3) is 0 Å². The van der Waals surface area contributed by atoms with Crippen LogP contribution in [0.2, 0.25) is 5.02 Å². The van der Waals surface area contributed by atoms with Crippen molar-refractivity contribution in [2.45, 2.75) is 69.1 Å². The molecule has 8 nitrogen and oxygen atoms in total. The summed E-state index contributed by atoms with van der Waals surface area (Å²) in [5.74, 6) is 0.205. The molecule has 32 heavy (non-hydrogen) atoms. The molecule has 2 aliphatic rings. The first kappa shape index (κ1) is 23.2. The molecule has 1 saturated carbocycles. The topological polar surface area (TPSA) is 93.5 Å². The van der Waals surface area contributed by atoms with Crippen molar-refractivity contribution in [2.24, 2.45) is 0 Å². The number of hydrogen-bond donors (Lipinski definition) is 1. The Bertz CT molecular complexity index is 1070. The second-order valence-corrected chi connectivity index (χ2v) is 10.9. The summed E-state index contributed by atoms with van der Waals surface area (Å²) in [5, 5.41) is 7.37. The van der Waals surface area contributed by atoms with Gasteiger partial charge >= 0.3 is 0 Å². The molecule has 1 saturated heterocycles. The van der Waals surface area contributed by atoms with Crippen molar-refractivity contribution < 1.29 is 17.9 Å². The average molecular weight is 481 g/mol. The van der Waals surface area contributed by atoms with E-state index in [0.717, 1.165) is 25.7 Å². The molecule has 0 bridgehead atoms. The summed E-state index contributed by atoms with van der Waals surface area (Å²) in [7, 11) is -3.88. The smallest absolute Gasteiger partial charge is 0.256 e. The Morgan fingerprint density at radius 3 is 2.50 bits per heavy atom. The lowest BCUT2D eigenvalue weighted by molar-refractivity contribution is -0.0440. The van der Waals surface area contributed by atoms with Crippen LogP contribution in [0.15, 0.2) is 35.4 Å². The van der Waals surface area contributed by atoms with E-state index in [1.54, 1.807) is 12.3 Å². The van der Waals surface area contributed by atoms with E-state index in [1.165, 1.54) is 28.9 Å². The van der Waals surface area contributed by atoms with Gasteiger partial charge in [0.05, 0.1) is 29.5 Å². The van der Waals surface area contributed by atoms with Gasteiger partial charge in [-0.2, -0.15) is 9.40 Å². The zero-order chi connectivity index (χ0) is 22.9. The fourth-order valence-electron chi connectivity index (χ4n) is 4.53. The number of nitrogens with zero attached hydrogens (tertiary/aromatic N) is 3. The van der Waals surface area contributed by atoms with Gasteiger partial charge in [-0.1, -0.05) is 30.9 Å². The Balaban J connectivity index is 1.57. The van der Waals surface area contributed by atoms with Crippen molar-refractivity contribution in [1.82, 2.24) is 14.1 Å². The van der Waals surface area contributed by atoms with Crippen LogP contribution in [0.5, 0.6) is 0 Å². The predicted octanol–water partition coefficient (Wildman–Crippen LogP) is 4.09. The van der Waals surface area contributed by atoms with Crippen molar-refractivity contribution in [3.63, 3.8) is 0 Å². The largest absolute Gasteiger partial charge is 0.373 e. The molecule has 1 aliphatic carbocycles. The molecule has 2 heterocycles. The van der Waals surface area contributed by atoms with Crippen molar-refractivity contribution in [1.29, 1.82) is 0 Å². The van der Waals surface area contributed by atoms with E-state index in [0.29, 0.717) is 5.82 Å². The van der Waals surface area contributed by atoms with E-state index in [2.05, 4.69) is 10.4 Å². The van der Waals surface area contributed by atoms with E-state index in [9.17, 15) is 13.2 Å². The van der Waals surface area contributed by atoms with Crippen LogP contribution in [0, 0.1) is 0 Å². The molecule has 1 amide bonds. The first-order valence-corrected chi connectivity index (χ1v) is 12.9. The minimum Gasteiger partial charge on any atom is -0.373 e. The summed E-state index contributed by atoms with van der Waals surface area (Å²) in [6.45, 7) is 4.14. The maximum Gasteiger partial charge on any atom is 0.256 e. The Morgan fingerprint density at radius 1 is 1.12 bits per heavy atom. The number of carbonyl (C=O) groups is 1. The molecule has 1 N–H and O–H groups in total. The van der Waals surface area contributed by atoms with Gasteiger partial charge in [0.2, 0.25) is 10.0 Å². The summed E-state index contributed by atoms with van der Waals surface area (Å²) in [5.41, 5.74) is 0.221. The molecule has 4 rings (SSSR count). The maximum atomic E-state index is 13.3. The third kappa shape index (κ3) is 4.85. The molecule has 2 aromatic rings. The van der Waals surface area contributed by atoms with Gasteiger partial charge in [0.15, 0.2) is 0 Å². The van der Waals surface area contributed by atoms with Gasteiger partial charge in [-0.25, -0.2) is 13.1 Å². The first-order valence-electron chi connectivity index (χ1n) is 11.1. The van der Waals surface area contributed by atoms with E-state index in [-0.39, 0.29) is 46.8 Å². The molecule has 0 unspecified atom stereocenters. The molecular weight excluding hydrogens is 452 g/mol. The third-order valence-electron chi connectivity index (χ3n) is 6.03. The van der Waals surface area contributed by atoms with Gasteiger partial charge < -0.3 is 10.1 Å².